The first-order valence-electron chi connectivity index (χ1n) is 7.45. The SMILES string of the molecule is CN(c1ccc(C(C)(C)C)cc1)C(C(=O)N=O)c1cccnc1. The second-order valence-electron chi connectivity index (χ2n) is 6.53. The highest BCUT2D eigenvalue weighted by atomic mass is 16.3. The fourth-order valence-corrected chi connectivity index (χ4v) is 2.47. The number of benzene rings is 1. The number of anilines is 1. The Morgan fingerprint density at radius 3 is 2.30 bits per heavy atom. The Balaban J connectivity index is 2.36. The standard InChI is InChI=1S/C18H21N3O2/c1-18(2,3)14-7-9-15(10-8-14)21(4)16(17(22)20-23)13-6-5-11-19-12-13/h5-12,16H,1-4H3. The maximum atomic E-state index is 12.0. The largest absolute Gasteiger partial charge is 0.359 e. The van der Waals surface area contributed by atoms with E-state index in [4.69, 9.17) is 0 Å². The van der Waals surface area contributed by atoms with E-state index in [-0.39, 0.29) is 5.41 Å². The maximum Gasteiger partial charge on any atom is 0.313 e. The molecule has 2 rings (SSSR count). The zero-order valence-electron chi connectivity index (χ0n) is 13.9. The van der Waals surface area contributed by atoms with Crippen molar-refractivity contribution in [2.45, 2.75) is 32.2 Å². The van der Waals surface area contributed by atoms with Gasteiger partial charge in [0.1, 0.15) is 6.04 Å². The molecular weight excluding hydrogens is 290 g/mol. The molecule has 1 aromatic carbocycles. The van der Waals surface area contributed by atoms with Crippen LogP contribution in [-0.4, -0.2) is 17.9 Å². The van der Waals surface area contributed by atoms with Crippen LogP contribution in [0.3, 0.4) is 0 Å². The second kappa shape index (κ2) is 6.69. The number of nitrogens with zero attached hydrogens (tertiary/aromatic N) is 3. The second-order valence-corrected chi connectivity index (χ2v) is 6.53. The lowest BCUT2D eigenvalue weighted by molar-refractivity contribution is -0.119. The number of pyridine rings is 1. The van der Waals surface area contributed by atoms with Crippen molar-refractivity contribution in [2.75, 3.05) is 11.9 Å². The van der Waals surface area contributed by atoms with Gasteiger partial charge in [-0.3, -0.25) is 9.78 Å². The molecule has 0 N–H and O–H groups in total. The molecule has 2 aromatic rings. The van der Waals surface area contributed by atoms with Gasteiger partial charge in [-0.25, -0.2) is 0 Å². The molecule has 1 amide bonds. The van der Waals surface area contributed by atoms with Crippen molar-refractivity contribution in [3.8, 4) is 0 Å². The molecule has 1 heterocycles. The van der Waals surface area contributed by atoms with E-state index in [1.54, 1.807) is 36.5 Å². The van der Waals surface area contributed by atoms with E-state index in [1.165, 1.54) is 5.56 Å². The van der Waals surface area contributed by atoms with Crippen LogP contribution in [0.1, 0.15) is 37.9 Å². The van der Waals surface area contributed by atoms with E-state index in [0.29, 0.717) is 5.56 Å². The zero-order valence-corrected chi connectivity index (χ0v) is 13.9. The lowest BCUT2D eigenvalue weighted by Gasteiger charge is -2.28. The quantitative estimate of drug-likeness (QED) is 0.805. The highest BCUT2D eigenvalue weighted by molar-refractivity contribution is 5.87. The van der Waals surface area contributed by atoms with Gasteiger partial charge in [0.2, 0.25) is 0 Å². The van der Waals surface area contributed by atoms with Crippen molar-refractivity contribution in [3.63, 3.8) is 0 Å². The Hall–Kier alpha value is -2.56. The normalized spacial score (nSPS) is 12.5. The molecule has 0 aliphatic heterocycles. The van der Waals surface area contributed by atoms with Gasteiger partial charge in [0.25, 0.3) is 0 Å². The van der Waals surface area contributed by atoms with Crippen LogP contribution in [0.2, 0.25) is 0 Å². The summed E-state index contributed by atoms with van der Waals surface area (Å²) in [5.41, 5.74) is 2.73. The van der Waals surface area contributed by atoms with Crippen molar-refractivity contribution < 1.29 is 4.79 Å². The summed E-state index contributed by atoms with van der Waals surface area (Å²) < 4.78 is 0. The number of amides is 1. The number of nitroso groups, excluding NO2 is 1. The minimum Gasteiger partial charge on any atom is -0.359 e. The predicted molar refractivity (Wildman–Crippen MR) is 91.3 cm³/mol. The molecule has 0 bridgehead atoms. The Labute approximate surface area is 136 Å². The third-order valence-electron chi connectivity index (χ3n) is 3.85. The fraction of sp³-hybridized carbons (Fsp3) is 0.333. The Morgan fingerprint density at radius 1 is 1.17 bits per heavy atom. The average molecular weight is 311 g/mol. The van der Waals surface area contributed by atoms with Gasteiger partial charge in [-0.15, -0.1) is 4.91 Å². The summed E-state index contributed by atoms with van der Waals surface area (Å²) in [7, 11) is 1.77. The Kier molecular flexibility index (Phi) is 4.89. The highest BCUT2D eigenvalue weighted by Crippen LogP contribution is 2.29. The summed E-state index contributed by atoms with van der Waals surface area (Å²) in [5.74, 6) is -0.736. The summed E-state index contributed by atoms with van der Waals surface area (Å²) in [6.07, 6.45) is 3.20. The van der Waals surface area contributed by atoms with E-state index in [9.17, 15) is 9.70 Å². The van der Waals surface area contributed by atoms with Crippen molar-refractivity contribution >= 4 is 11.6 Å². The minimum absolute atomic E-state index is 0.0556. The van der Waals surface area contributed by atoms with Crippen molar-refractivity contribution in [1.82, 2.24) is 4.98 Å². The van der Waals surface area contributed by atoms with E-state index in [0.717, 1.165) is 5.69 Å². The van der Waals surface area contributed by atoms with Crippen LogP contribution in [0, 0.1) is 4.91 Å². The molecule has 0 saturated carbocycles. The molecule has 0 spiro atoms. The summed E-state index contributed by atoms with van der Waals surface area (Å²) in [4.78, 5) is 28.6. The molecule has 5 nitrogen and oxygen atoms in total. The smallest absolute Gasteiger partial charge is 0.313 e. The third-order valence-corrected chi connectivity index (χ3v) is 3.85. The van der Waals surface area contributed by atoms with Crippen LogP contribution in [-0.2, 0) is 10.2 Å². The van der Waals surface area contributed by atoms with E-state index in [1.807, 2.05) is 24.3 Å². The van der Waals surface area contributed by atoms with Crippen LogP contribution in [0.5, 0.6) is 0 Å². The first kappa shape index (κ1) is 16.8. The maximum absolute atomic E-state index is 12.0. The number of rotatable bonds is 4. The number of carbonyl (C=O) groups is 1. The van der Waals surface area contributed by atoms with E-state index < -0.39 is 11.9 Å². The zero-order chi connectivity index (χ0) is 17.0. The van der Waals surface area contributed by atoms with Crippen LogP contribution >= 0.6 is 0 Å². The first-order chi connectivity index (χ1) is 10.8. The molecular formula is C18H21N3O2. The lowest BCUT2D eigenvalue weighted by atomic mass is 9.87. The summed E-state index contributed by atoms with van der Waals surface area (Å²) in [6.45, 7) is 6.43. The van der Waals surface area contributed by atoms with E-state index in [2.05, 4.69) is 30.9 Å². The van der Waals surface area contributed by atoms with Gasteiger partial charge in [0, 0.05) is 35.9 Å². The molecule has 120 valence electrons. The number of hydrogen-bond donors (Lipinski definition) is 0. The molecule has 0 radical (unpaired) electrons. The number of likely N-dealkylation sites (N-methyl/N-ethyl adjacent to an activating group) is 1. The molecule has 0 fully saturated rings. The van der Waals surface area contributed by atoms with Crippen LogP contribution in [0.15, 0.2) is 54.0 Å². The van der Waals surface area contributed by atoms with Gasteiger partial charge in [-0.2, -0.15) is 0 Å². The molecule has 5 heteroatoms. The number of aromatic nitrogens is 1. The highest BCUT2D eigenvalue weighted by Gasteiger charge is 2.27. The van der Waals surface area contributed by atoms with Gasteiger partial charge < -0.3 is 4.90 Å². The van der Waals surface area contributed by atoms with Gasteiger partial charge >= 0.3 is 5.91 Å². The Bertz CT molecular complexity index is 676. The van der Waals surface area contributed by atoms with Gasteiger partial charge in [-0.1, -0.05) is 39.0 Å². The summed E-state index contributed by atoms with van der Waals surface area (Å²) >= 11 is 0. The first-order valence-corrected chi connectivity index (χ1v) is 7.45. The van der Waals surface area contributed by atoms with Crippen molar-refractivity contribution in [2.24, 2.45) is 5.18 Å². The molecule has 1 unspecified atom stereocenters. The third kappa shape index (κ3) is 3.80. The minimum atomic E-state index is -0.776. The number of hydrogen-bond acceptors (Lipinski definition) is 4. The molecule has 1 aromatic heterocycles. The predicted octanol–water partition coefficient (Wildman–Crippen LogP) is 3.85. The van der Waals surface area contributed by atoms with Crippen LogP contribution in [0.4, 0.5) is 5.69 Å². The van der Waals surface area contributed by atoms with Gasteiger partial charge in [0.05, 0.1) is 0 Å². The van der Waals surface area contributed by atoms with Crippen LogP contribution < -0.4 is 4.90 Å². The molecule has 1 atom stereocenters. The molecule has 0 aliphatic carbocycles. The summed E-state index contributed by atoms with van der Waals surface area (Å²) in [5, 5.41) is 2.61. The monoisotopic (exact) mass is 311 g/mol. The van der Waals surface area contributed by atoms with Gasteiger partial charge in [0.15, 0.2) is 0 Å². The molecule has 0 saturated heterocycles. The molecule has 0 aliphatic rings. The Morgan fingerprint density at radius 2 is 1.83 bits per heavy atom. The fourth-order valence-electron chi connectivity index (χ4n) is 2.47. The molecule has 23 heavy (non-hydrogen) atoms. The van der Waals surface area contributed by atoms with E-state index >= 15 is 0 Å². The summed E-state index contributed by atoms with van der Waals surface area (Å²) in [6, 6.07) is 10.7. The lowest BCUT2D eigenvalue weighted by Crippen LogP contribution is -2.30. The topological polar surface area (TPSA) is 62.6 Å². The van der Waals surface area contributed by atoms with Crippen molar-refractivity contribution in [3.05, 3.63) is 64.8 Å². The van der Waals surface area contributed by atoms with Gasteiger partial charge in [-0.05, 0) is 29.2 Å². The number of carbonyl (C=O) groups excluding carboxylic acids is 1. The van der Waals surface area contributed by atoms with Crippen molar-refractivity contribution in [1.29, 1.82) is 0 Å². The average Bonchev–Trinajstić information content (AvgIpc) is 2.55. The van der Waals surface area contributed by atoms with Crippen LogP contribution in [0.25, 0.3) is 0 Å².